The van der Waals surface area contributed by atoms with Crippen molar-refractivity contribution < 1.29 is 0 Å². The van der Waals surface area contributed by atoms with Crippen LogP contribution in [-0.2, 0) is 5.41 Å². The van der Waals surface area contributed by atoms with Gasteiger partial charge in [0, 0.05) is 53.2 Å². The molecule has 11 rings (SSSR count). The summed E-state index contributed by atoms with van der Waals surface area (Å²) in [6, 6.07) is 67.1. The summed E-state index contributed by atoms with van der Waals surface area (Å²) in [7, 11) is 0. The Balaban J connectivity index is 1.12. The molecule has 0 radical (unpaired) electrons. The minimum absolute atomic E-state index is 0.0187. The quantitative estimate of drug-likeness (QED) is 0.169. The highest BCUT2D eigenvalue weighted by Crippen LogP contribution is 2.42. The van der Waals surface area contributed by atoms with Crippen molar-refractivity contribution in [3.05, 3.63) is 194 Å². The molecule has 0 fully saturated rings. The molecule has 3 heterocycles. The van der Waals surface area contributed by atoms with Crippen LogP contribution in [0.25, 0.3) is 104 Å². The highest BCUT2D eigenvalue weighted by atomic mass is 32.1. The fourth-order valence-electron chi connectivity index (χ4n) is 8.57. The maximum absolute atomic E-state index is 5.29. The second-order valence-electron chi connectivity index (χ2n) is 16.5. The van der Waals surface area contributed by atoms with E-state index in [1.54, 1.807) is 0 Å². The Hall–Kier alpha value is -7.21. The van der Waals surface area contributed by atoms with Crippen LogP contribution in [0.3, 0.4) is 0 Å². The summed E-state index contributed by atoms with van der Waals surface area (Å²) in [5.41, 5.74) is 12.1. The van der Waals surface area contributed by atoms with Gasteiger partial charge in [-0.3, -0.25) is 0 Å². The summed E-state index contributed by atoms with van der Waals surface area (Å²) in [5, 5.41) is 5.03. The van der Waals surface area contributed by atoms with Crippen molar-refractivity contribution in [1.82, 2.24) is 19.5 Å². The van der Waals surface area contributed by atoms with Gasteiger partial charge in [0.05, 0.1) is 16.7 Å². The number of aromatic nitrogens is 4. The Morgan fingerprint density at radius 3 is 1.75 bits per heavy atom. The zero-order chi connectivity index (χ0) is 40.4. The summed E-state index contributed by atoms with van der Waals surface area (Å²) >= 11 is 1.84. The molecule has 0 atom stereocenters. The van der Waals surface area contributed by atoms with Gasteiger partial charge in [-0.1, -0.05) is 172 Å². The predicted molar refractivity (Wildman–Crippen MR) is 253 cm³/mol. The van der Waals surface area contributed by atoms with Gasteiger partial charge in [-0.25, -0.2) is 15.0 Å². The minimum Gasteiger partial charge on any atom is -0.309 e. The molecule has 11 aromatic rings. The van der Waals surface area contributed by atoms with Gasteiger partial charge in [-0.2, -0.15) is 0 Å². The van der Waals surface area contributed by atoms with E-state index in [-0.39, 0.29) is 5.41 Å². The van der Waals surface area contributed by atoms with Gasteiger partial charge in [0.2, 0.25) is 0 Å². The number of fused-ring (bicyclic) bond motifs is 6. The summed E-state index contributed by atoms with van der Waals surface area (Å²) in [4.78, 5) is 15.6. The van der Waals surface area contributed by atoms with Crippen molar-refractivity contribution >= 4 is 53.3 Å². The first-order valence-electron chi connectivity index (χ1n) is 20.4. The maximum Gasteiger partial charge on any atom is 0.164 e. The van der Waals surface area contributed by atoms with E-state index in [9.17, 15) is 0 Å². The van der Waals surface area contributed by atoms with Gasteiger partial charge in [0.15, 0.2) is 17.5 Å². The molecule has 286 valence electrons. The number of rotatable bonds is 6. The third-order valence-electron chi connectivity index (χ3n) is 11.6. The fourth-order valence-corrected chi connectivity index (χ4v) is 9.81. The lowest BCUT2D eigenvalue weighted by atomic mass is 9.86. The summed E-state index contributed by atoms with van der Waals surface area (Å²) in [6.07, 6.45) is 0. The lowest BCUT2D eigenvalue weighted by Gasteiger charge is -2.19. The van der Waals surface area contributed by atoms with Crippen LogP contribution in [0.1, 0.15) is 26.3 Å². The average Bonchev–Trinajstić information content (AvgIpc) is 3.85. The Morgan fingerprint density at radius 1 is 0.400 bits per heavy atom. The summed E-state index contributed by atoms with van der Waals surface area (Å²) in [5.74, 6) is 1.88. The summed E-state index contributed by atoms with van der Waals surface area (Å²) < 4.78 is 4.99. The Labute approximate surface area is 353 Å². The Bertz CT molecular complexity index is 3410. The highest BCUT2D eigenvalue weighted by Gasteiger charge is 2.21. The molecule has 0 aliphatic rings. The van der Waals surface area contributed by atoms with Gasteiger partial charge in [0.25, 0.3) is 0 Å². The number of hydrogen-bond donors (Lipinski definition) is 0. The molecule has 0 amide bonds. The fraction of sp³-hybridized carbons (Fsp3) is 0.0727. The Kier molecular flexibility index (Phi) is 8.54. The van der Waals surface area contributed by atoms with Crippen LogP contribution in [0, 0.1) is 0 Å². The lowest BCUT2D eigenvalue weighted by Crippen LogP contribution is -2.10. The van der Waals surface area contributed by atoms with Gasteiger partial charge in [-0.05, 0) is 64.1 Å². The lowest BCUT2D eigenvalue weighted by molar-refractivity contribution is 0.591. The zero-order valence-electron chi connectivity index (χ0n) is 33.6. The van der Waals surface area contributed by atoms with Crippen molar-refractivity contribution in [2.24, 2.45) is 0 Å². The molecular weight excluding hydrogens is 749 g/mol. The number of thiophene rings is 1. The van der Waals surface area contributed by atoms with Crippen molar-refractivity contribution in [2.45, 2.75) is 26.2 Å². The van der Waals surface area contributed by atoms with Crippen LogP contribution >= 0.6 is 11.3 Å². The van der Waals surface area contributed by atoms with Gasteiger partial charge < -0.3 is 4.57 Å². The van der Waals surface area contributed by atoms with E-state index < -0.39 is 0 Å². The van der Waals surface area contributed by atoms with Gasteiger partial charge in [-0.15, -0.1) is 11.3 Å². The first-order valence-corrected chi connectivity index (χ1v) is 21.3. The molecule has 8 aromatic carbocycles. The third kappa shape index (κ3) is 6.18. The van der Waals surface area contributed by atoms with Gasteiger partial charge in [0.1, 0.15) is 0 Å². The molecule has 60 heavy (non-hydrogen) atoms. The van der Waals surface area contributed by atoms with Crippen molar-refractivity contribution in [2.75, 3.05) is 0 Å². The topological polar surface area (TPSA) is 43.6 Å². The van der Waals surface area contributed by atoms with E-state index in [0.717, 1.165) is 50.1 Å². The molecule has 5 heteroatoms. The first-order chi connectivity index (χ1) is 29.4. The third-order valence-corrected chi connectivity index (χ3v) is 12.8. The predicted octanol–water partition coefficient (Wildman–Crippen LogP) is 15.0. The molecule has 0 saturated heterocycles. The van der Waals surface area contributed by atoms with Gasteiger partial charge >= 0.3 is 0 Å². The van der Waals surface area contributed by atoms with E-state index in [1.165, 1.54) is 42.1 Å². The minimum atomic E-state index is 0.0187. The first kappa shape index (κ1) is 35.9. The molecule has 0 saturated carbocycles. The van der Waals surface area contributed by atoms with E-state index in [2.05, 4.69) is 195 Å². The summed E-state index contributed by atoms with van der Waals surface area (Å²) in [6.45, 7) is 6.83. The van der Waals surface area contributed by atoms with Crippen LogP contribution < -0.4 is 0 Å². The van der Waals surface area contributed by atoms with Crippen molar-refractivity contribution in [1.29, 1.82) is 0 Å². The largest absolute Gasteiger partial charge is 0.309 e. The van der Waals surface area contributed by atoms with Crippen molar-refractivity contribution in [3.63, 3.8) is 0 Å². The Morgan fingerprint density at radius 2 is 0.983 bits per heavy atom. The second-order valence-corrected chi connectivity index (χ2v) is 17.5. The zero-order valence-corrected chi connectivity index (χ0v) is 34.4. The van der Waals surface area contributed by atoms with E-state index in [0.29, 0.717) is 17.5 Å². The number of benzene rings is 8. The van der Waals surface area contributed by atoms with E-state index in [1.807, 2.05) is 29.5 Å². The van der Waals surface area contributed by atoms with E-state index >= 15 is 0 Å². The van der Waals surface area contributed by atoms with Crippen LogP contribution in [0.2, 0.25) is 0 Å². The molecule has 3 aromatic heterocycles. The number of nitrogens with zero attached hydrogens (tertiary/aromatic N) is 4. The standard InChI is InChI=1S/C55H40N4S/c1-55(2,3)40-29-31-48-46(34-40)43-22-10-12-26-47(43)59(48)49-33-39(28-30-41(49)35-16-6-4-7-17-35)54-57-52(36-18-8-5-9-19-36)56-53(58-54)38-21-14-20-37(32-38)42-24-15-25-45-44-23-11-13-27-50(44)60-51(42)45/h4-34H,1-3H3. The van der Waals surface area contributed by atoms with Crippen molar-refractivity contribution in [3.8, 4) is 62.1 Å². The second kappa shape index (κ2) is 14.3. The number of para-hydroxylation sites is 1. The van der Waals surface area contributed by atoms with Crippen LogP contribution in [-0.4, -0.2) is 19.5 Å². The van der Waals surface area contributed by atoms with Crippen LogP contribution in [0.15, 0.2) is 188 Å². The molecular formula is C55H40N4S. The number of hydrogen-bond acceptors (Lipinski definition) is 4. The molecule has 0 bridgehead atoms. The average molecular weight is 789 g/mol. The van der Waals surface area contributed by atoms with Crippen LogP contribution in [0.4, 0.5) is 0 Å². The smallest absolute Gasteiger partial charge is 0.164 e. The molecule has 0 aliphatic heterocycles. The highest BCUT2D eigenvalue weighted by molar-refractivity contribution is 7.26. The monoisotopic (exact) mass is 788 g/mol. The van der Waals surface area contributed by atoms with Crippen LogP contribution in [0.5, 0.6) is 0 Å². The SMILES string of the molecule is CC(C)(C)c1ccc2c(c1)c1ccccc1n2-c1cc(-c2nc(-c3ccccc3)nc(-c3cccc(-c4cccc5c4sc4ccccc45)c3)n2)ccc1-c1ccccc1. The normalized spacial score (nSPS) is 11.9. The van der Waals surface area contributed by atoms with E-state index in [4.69, 9.17) is 15.0 Å². The molecule has 4 nitrogen and oxygen atoms in total. The molecule has 0 unspecified atom stereocenters. The molecule has 0 aliphatic carbocycles. The maximum atomic E-state index is 5.29. The molecule has 0 spiro atoms. The molecule has 0 N–H and O–H groups in total.